The first-order valence-corrected chi connectivity index (χ1v) is 48.0. The Morgan fingerprint density at radius 3 is 1.08 bits per heavy atom. The van der Waals surface area contributed by atoms with Gasteiger partial charge in [-0.3, -0.25) is 28.3 Å². The van der Waals surface area contributed by atoms with Gasteiger partial charge in [0.15, 0.2) is 0 Å². The van der Waals surface area contributed by atoms with E-state index in [1.165, 1.54) is 12.4 Å². The van der Waals surface area contributed by atoms with E-state index in [1.54, 1.807) is 76.8 Å². The summed E-state index contributed by atoms with van der Waals surface area (Å²) in [4.78, 5) is 133. The van der Waals surface area contributed by atoms with Crippen LogP contribution in [0.15, 0.2) is 80.6 Å². The van der Waals surface area contributed by atoms with Gasteiger partial charge in [-0.05, 0) is 162 Å². The van der Waals surface area contributed by atoms with E-state index in [-0.39, 0.29) is 118 Å². The Bertz CT molecular complexity index is 6120. The summed E-state index contributed by atoms with van der Waals surface area (Å²) in [6.07, 6.45) is 24.8. The van der Waals surface area contributed by atoms with Crippen molar-refractivity contribution in [3.63, 3.8) is 0 Å². The maximum Gasteiger partial charge on any atom is 0.498 e. The van der Waals surface area contributed by atoms with Gasteiger partial charge in [-0.2, -0.15) is 20.4 Å². The molecule has 0 bridgehead atoms. The number of hydrogen-bond acceptors (Lipinski definition) is 30. The fraction of sp³-hybridized carbons (Fsp3) is 0.558. The molecule has 5 atom stereocenters. The third-order valence-electron chi connectivity index (χ3n) is 23.4. The predicted octanol–water partition coefficient (Wildman–Crippen LogP) is 14.3. The van der Waals surface area contributed by atoms with E-state index in [0.29, 0.717) is 123 Å². The molecule has 3 N–H and O–H groups in total. The molecule has 2 aliphatic carbocycles. The first-order chi connectivity index (χ1) is 67.4. The molecule has 6 saturated heterocycles. The Morgan fingerprint density at radius 1 is 0.431 bits per heavy atom. The van der Waals surface area contributed by atoms with Crippen LogP contribution in [0.2, 0.25) is 15.6 Å². The molecule has 8 aliphatic rings. The van der Waals surface area contributed by atoms with Crippen molar-refractivity contribution < 1.29 is 52.6 Å². The molecule has 15 heterocycles. The number of aromatic nitrogens is 18. The third-order valence-corrected chi connectivity index (χ3v) is 24.1. The fourth-order valence-corrected chi connectivity index (χ4v) is 15.5. The molecule has 6 aliphatic heterocycles. The van der Waals surface area contributed by atoms with Crippen LogP contribution < -0.4 is 35.7 Å². The number of carbonyl (C=O) groups is 5. The number of halogens is 4. The standard InChI is InChI=1S/C19H25N7O2.C18H21N7O.C15H20ClN5O2.C14H17N7.C10H17BN2O2.C10H20N2O2.C5HCl2N3.C4H6O2.ClH/c1-13-11-25(7-8-26(13)18(27)28-19(2,3)4)17-21-10-15(20-5)16(23-17)14-9-22-24(6)12-14;1-12-10-24(6-7-25(12)17(26)13-4-5-13)18-20-9-15(19-2)16(22-18)14-8-21-23(3)11-14;1-10-9-20(13-18-8-11(17-5)12(16)19-13)6-7-21(10)14(22)23-15(2,3)4;1-10-8-21(5-4-16-10)14-17-7-12(15-2)13(19-14)11-6-18-20(3)9-11;1-9(2)10(3,4)15-11(14-9)8-6-12-13(5)7-8;1-8-7-11-5-6-12(8)9(13)14-10(2,3)4;1-8-3-2-9-5(7)10-4(3)6;5-4(6)3-1-2-3;/h9-10,12-13H,7-8,11H2,1-4,6H3;8-9,11-13H,4-7,10H2,1,3H3;8,10H,6-7,9H2,1-4H3;6-7,9-10,16H,4-5,8H2,1,3H3;6-7H,1-5H3;8,11H,5-7H2,1-4H3;2H;3H,1-2H2,(H,5,6);1H/t13-;12-;2*10-;;8-;;;/m1111.1.../s1. The zero-order valence-corrected chi connectivity index (χ0v) is 88.6. The number of hydrogen-bond donors (Lipinski definition) is 3. The maximum atomic E-state index is 12.4. The van der Waals surface area contributed by atoms with Crippen LogP contribution in [0, 0.1) is 44.7 Å². The van der Waals surface area contributed by atoms with Gasteiger partial charge in [0, 0.05) is 247 Å². The number of anilines is 4. The number of rotatable bonds is 10. The summed E-state index contributed by atoms with van der Waals surface area (Å²) in [7, 11) is 7.08. The average Bonchev–Trinajstić information content (AvgIpc) is 1.62. The zero-order valence-electron chi connectivity index (χ0n) is 85.5. The highest BCUT2D eigenvalue weighted by atomic mass is 35.5. The molecule has 770 valence electrons. The van der Waals surface area contributed by atoms with E-state index >= 15 is 0 Å². The first-order valence-electron chi connectivity index (χ1n) is 46.8. The number of nitrogens with one attached hydrogen (secondary N) is 2. The van der Waals surface area contributed by atoms with E-state index in [2.05, 4.69) is 129 Å². The van der Waals surface area contributed by atoms with Gasteiger partial charge in [0.1, 0.15) is 27.1 Å². The predicted molar refractivity (Wildman–Crippen MR) is 550 cm³/mol. The number of carbonyl (C=O) groups excluding carboxylic acids is 4. The average molecular weight is 2060 g/mol. The number of aliphatic carboxylic acids is 1. The van der Waals surface area contributed by atoms with Crippen LogP contribution >= 0.6 is 47.2 Å². The lowest BCUT2D eigenvalue weighted by Gasteiger charge is -2.40. The van der Waals surface area contributed by atoms with Gasteiger partial charge in [0.2, 0.25) is 63.4 Å². The second kappa shape index (κ2) is 50.3. The van der Waals surface area contributed by atoms with Crippen molar-refractivity contribution in [1.82, 2.24) is 119 Å². The molecule has 4 amide bonds. The number of carboxylic acids is 1. The molecule has 9 aromatic heterocycles. The second-order valence-electron chi connectivity index (χ2n) is 39.4. The zero-order chi connectivity index (χ0) is 105. The van der Waals surface area contributed by atoms with Crippen LogP contribution in [0.25, 0.3) is 58.0 Å². The minimum Gasteiger partial charge on any atom is -0.481 e. The van der Waals surface area contributed by atoms with Crippen LogP contribution in [0.4, 0.5) is 66.6 Å². The summed E-state index contributed by atoms with van der Waals surface area (Å²) < 4.78 is 34.8. The number of nitrogens with zero attached hydrogens (tertiary/aromatic N) is 31. The summed E-state index contributed by atoms with van der Waals surface area (Å²) in [6.45, 7) is 81.2. The maximum absolute atomic E-state index is 12.4. The normalized spacial score (nSPS) is 18.9. The van der Waals surface area contributed by atoms with Crippen molar-refractivity contribution >= 4 is 142 Å². The topological polar surface area (TPSA) is 424 Å². The Balaban J connectivity index is 0.000000188. The van der Waals surface area contributed by atoms with E-state index in [1.807, 2.05) is 178 Å². The second-order valence-corrected chi connectivity index (χ2v) is 40.4. The number of amides is 4. The lowest BCUT2D eigenvalue weighted by Crippen LogP contribution is -2.55. The molecule has 0 aromatic carbocycles. The van der Waals surface area contributed by atoms with Crippen molar-refractivity contribution in [2.45, 2.75) is 209 Å². The van der Waals surface area contributed by atoms with Crippen molar-refractivity contribution in [2.24, 2.45) is 40.0 Å². The van der Waals surface area contributed by atoms with Crippen LogP contribution in [0.3, 0.4) is 0 Å². The number of piperazine rings is 5. The molecule has 17 rings (SSSR count). The third kappa shape index (κ3) is 32.6. The Morgan fingerprint density at radius 2 is 0.771 bits per heavy atom. The van der Waals surface area contributed by atoms with E-state index in [0.717, 1.165) is 87.1 Å². The van der Waals surface area contributed by atoms with Gasteiger partial charge in [0.25, 0.3) is 0 Å². The van der Waals surface area contributed by atoms with E-state index in [4.69, 9.17) is 96.3 Å². The van der Waals surface area contributed by atoms with Gasteiger partial charge in [-0.25, -0.2) is 88.4 Å². The molecule has 2 saturated carbocycles. The lowest BCUT2D eigenvalue weighted by atomic mass is 9.82. The highest BCUT2D eigenvalue weighted by Crippen LogP contribution is 2.39. The Hall–Kier alpha value is -13.3. The van der Waals surface area contributed by atoms with Crippen molar-refractivity contribution in [1.29, 1.82) is 0 Å². The van der Waals surface area contributed by atoms with Gasteiger partial charge in [-0.1, -0.05) is 23.2 Å². The molecule has 144 heavy (non-hydrogen) atoms. The van der Waals surface area contributed by atoms with Crippen LogP contribution in [0.1, 0.15) is 150 Å². The smallest absolute Gasteiger partial charge is 0.481 e. The molecule has 9 aromatic rings. The minimum absolute atomic E-state index is 0. The quantitative estimate of drug-likeness (QED) is 0.0376. The highest BCUT2D eigenvalue weighted by molar-refractivity contribution is 6.62. The molecule has 49 heteroatoms. The molecular formula is C95H128BCl4N33O11. The SMILES string of the molecule is C[C@@H]1CNCCN1C(=O)OC(C)(C)C.Cl.Cn1cc(B2OC(C)(C)C(C)(C)O2)cn1.O=C(O)C1CC1.[C-]#[N+]c1cnc(Cl)nc1Cl.[C-]#[N+]c1cnc(N2CCN(C(=O)C3CC3)[C@H](C)C2)nc1-c1cnn(C)c1.[C-]#[N+]c1cnc(N2CCN(C(=O)OC(C)(C)C)[C@H](C)C2)nc1-c1cnn(C)c1.[C-]#[N+]c1cnc(N2CCN(C(=O)OC(C)(C)C)[C@H](C)C2)nc1Cl.[C-]#[N+]c1cnc(N2CCN[C@H](C)C2)nc1-c1cnn(C)c1. The molecule has 0 spiro atoms. The molecule has 0 radical (unpaired) electrons. The Labute approximate surface area is 862 Å². The highest BCUT2D eigenvalue weighted by Gasteiger charge is 2.52. The van der Waals surface area contributed by atoms with Crippen molar-refractivity contribution in [2.75, 3.05) is 118 Å². The van der Waals surface area contributed by atoms with E-state index in [9.17, 15) is 24.0 Å². The number of carboxylic acid groups (broad SMARTS) is 1. The molecular weight excluding hydrogens is 1930 g/mol. The first kappa shape index (κ1) is 114. The lowest BCUT2D eigenvalue weighted by molar-refractivity contribution is -0.138. The Kier molecular flexibility index (Phi) is 39.9. The monoisotopic (exact) mass is 2060 g/mol. The largest absolute Gasteiger partial charge is 0.498 e. The van der Waals surface area contributed by atoms with Gasteiger partial charge >= 0.3 is 31.4 Å². The summed E-state index contributed by atoms with van der Waals surface area (Å²) in [5, 5.41) is 31.6. The van der Waals surface area contributed by atoms with Crippen LogP contribution in [-0.2, 0) is 61.3 Å². The number of aryl methyl sites for hydroxylation is 4. The number of ether oxygens (including phenoxy) is 3. The van der Waals surface area contributed by atoms with Crippen molar-refractivity contribution in [3.8, 4) is 33.8 Å². The van der Waals surface area contributed by atoms with Crippen LogP contribution in [-0.4, -0.2) is 307 Å². The summed E-state index contributed by atoms with van der Waals surface area (Å²) >= 11 is 16.8. The minimum atomic E-state index is -0.630. The van der Waals surface area contributed by atoms with Crippen molar-refractivity contribution in [3.05, 3.63) is 153 Å². The van der Waals surface area contributed by atoms with E-state index < -0.39 is 22.8 Å². The summed E-state index contributed by atoms with van der Waals surface area (Å²) in [6, 6.07) is 0.669. The summed E-state index contributed by atoms with van der Waals surface area (Å²) in [5.41, 5.74) is 4.90. The van der Waals surface area contributed by atoms with Crippen LogP contribution in [0.5, 0.6) is 0 Å². The summed E-state index contributed by atoms with van der Waals surface area (Å²) in [5.74, 6) is 2.21. The van der Waals surface area contributed by atoms with Gasteiger partial charge < -0.3 is 78.5 Å². The fourth-order valence-electron chi connectivity index (χ4n) is 15.0. The molecule has 44 nitrogen and oxygen atoms in total. The van der Waals surface area contributed by atoms with Gasteiger partial charge in [0.05, 0.1) is 85.7 Å². The molecule has 8 fully saturated rings. The van der Waals surface area contributed by atoms with Gasteiger partial charge in [-0.15, -0.1) is 12.4 Å². The molecule has 0 unspecified atom stereocenters.